The molecule has 1 rings (SSSR count). The van der Waals surface area contributed by atoms with Crippen LogP contribution >= 0.6 is 0 Å². The van der Waals surface area contributed by atoms with Crippen LogP contribution in [0.15, 0.2) is 0 Å². The highest BCUT2D eigenvalue weighted by atomic mass is 16.4. The van der Waals surface area contributed by atoms with Gasteiger partial charge in [-0.15, -0.1) is 0 Å². The third-order valence-corrected chi connectivity index (χ3v) is 3.37. The van der Waals surface area contributed by atoms with Gasteiger partial charge in [-0.25, -0.2) is 4.79 Å². The molecule has 0 saturated carbocycles. The maximum atomic E-state index is 11.9. The molecule has 2 amide bonds. The number of carbonyl (C=O) groups excluding carboxylic acids is 1. The summed E-state index contributed by atoms with van der Waals surface area (Å²) in [6, 6.07) is -0.167. The van der Waals surface area contributed by atoms with Crippen molar-refractivity contribution >= 4 is 12.0 Å². The first kappa shape index (κ1) is 14.8. The van der Waals surface area contributed by atoms with Crippen molar-refractivity contribution in [2.45, 2.75) is 20.8 Å². The first-order chi connectivity index (χ1) is 8.36. The summed E-state index contributed by atoms with van der Waals surface area (Å²) in [7, 11) is 0. The molecule has 1 heterocycles. The summed E-state index contributed by atoms with van der Waals surface area (Å²) in [5, 5.41) is 11.7. The van der Waals surface area contributed by atoms with Crippen molar-refractivity contribution in [1.29, 1.82) is 0 Å². The van der Waals surface area contributed by atoms with Crippen LogP contribution < -0.4 is 5.32 Å². The molecule has 0 spiro atoms. The minimum atomic E-state index is -0.930. The van der Waals surface area contributed by atoms with E-state index < -0.39 is 11.4 Å². The largest absolute Gasteiger partial charge is 0.481 e. The van der Waals surface area contributed by atoms with E-state index in [0.717, 1.165) is 19.6 Å². The summed E-state index contributed by atoms with van der Waals surface area (Å²) in [6.07, 6.45) is 0. The molecular weight excluding hydrogens is 234 g/mol. The Bertz CT molecular complexity index is 310. The molecule has 6 heteroatoms. The summed E-state index contributed by atoms with van der Waals surface area (Å²) < 4.78 is 0. The molecule has 0 aliphatic carbocycles. The average molecular weight is 257 g/mol. The van der Waals surface area contributed by atoms with E-state index in [-0.39, 0.29) is 12.6 Å². The predicted octanol–water partition coefficient (Wildman–Crippen LogP) is 0.444. The molecule has 104 valence electrons. The van der Waals surface area contributed by atoms with Crippen LogP contribution in [-0.2, 0) is 4.79 Å². The van der Waals surface area contributed by atoms with Gasteiger partial charge in [0.25, 0.3) is 0 Å². The topological polar surface area (TPSA) is 72.9 Å². The maximum absolute atomic E-state index is 11.9. The predicted molar refractivity (Wildman–Crippen MR) is 68.5 cm³/mol. The number of aliphatic carboxylic acids is 1. The molecule has 0 aromatic rings. The minimum absolute atomic E-state index is 0.148. The second kappa shape index (κ2) is 6.04. The van der Waals surface area contributed by atoms with Gasteiger partial charge in [0.1, 0.15) is 0 Å². The van der Waals surface area contributed by atoms with Gasteiger partial charge in [0.15, 0.2) is 0 Å². The number of likely N-dealkylation sites (N-methyl/N-ethyl adjacent to an activating group) is 1. The van der Waals surface area contributed by atoms with E-state index in [2.05, 4.69) is 17.1 Å². The lowest BCUT2D eigenvalue weighted by molar-refractivity contribution is -0.146. The molecule has 1 fully saturated rings. The zero-order valence-corrected chi connectivity index (χ0v) is 11.4. The Morgan fingerprint density at radius 3 is 2.22 bits per heavy atom. The fourth-order valence-electron chi connectivity index (χ4n) is 1.75. The summed E-state index contributed by atoms with van der Waals surface area (Å²) in [5.41, 5.74) is -0.930. The Kier molecular flexibility index (Phi) is 4.95. The molecule has 2 N–H and O–H groups in total. The molecule has 6 nitrogen and oxygen atoms in total. The quantitative estimate of drug-likeness (QED) is 0.766. The van der Waals surface area contributed by atoms with Gasteiger partial charge < -0.3 is 20.2 Å². The van der Waals surface area contributed by atoms with Crippen molar-refractivity contribution in [3.8, 4) is 0 Å². The number of carbonyl (C=O) groups is 2. The van der Waals surface area contributed by atoms with Gasteiger partial charge in [-0.05, 0) is 20.4 Å². The van der Waals surface area contributed by atoms with Crippen molar-refractivity contribution in [3.05, 3.63) is 0 Å². The third kappa shape index (κ3) is 3.87. The Morgan fingerprint density at radius 1 is 1.22 bits per heavy atom. The highest BCUT2D eigenvalue weighted by Crippen LogP contribution is 2.13. The fourth-order valence-corrected chi connectivity index (χ4v) is 1.75. The van der Waals surface area contributed by atoms with Crippen LogP contribution in [-0.4, -0.2) is 66.2 Å². The SMILES string of the molecule is CCN1CCN(C(=O)NCC(C)(C)C(=O)O)CC1. The van der Waals surface area contributed by atoms with Crippen LogP contribution in [0.25, 0.3) is 0 Å². The molecule has 0 unspecified atom stereocenters. The Morgan fingerprint density at radius 2 is 1.78 bits per heavy atom. The summed E-state index contributed by atoms with van der Waals surface area (Å²) in [5.74, 6) is -0.904. The number of rotatable bonds is 4. The molecule has 0 aromatic heterocycles. The molecule has 0 atom stereocenters. The van der Waals surface area contributed by atoms with Crippen molar-refractivity contribution in [1.82, 2.24) is 15.1 Å². The second-order valence-corrected chi connectivity index (χ2v) is 5.27. The minimum Gasteiger partial charge on any atom is -0.481 e. The van der Waals surface area contributed by atoms with E-state index in [1.54, 1.807) is 18.7 Å². The Labute approximate surface area is 108 Å². The number of carboxylic acid groups (broad SMARTS) is 1. The monoisotopic (exact) mass is 257 g/mol. The normalized spacial score (nSPS) is 17.6. The molecule has 1 saturated heterocycles. The molecule has 0 aromatic carbocycles. The Hall–Kier alpha value is -1.30. The smallest absolute Gasteiger partial charge is 0.317 e. The van der Waals surface area contributed by atoms with Gasteiger partial charge in [-0.3, -0.25) is 4.79 Å². The van der Waals surface area contributed by atoms with Crippen molar-refractivity contribution in [2.24, 2.45) is 5.41 Å². The summed E-state index contributed by atoms with van der Waals surface area (Å²) >= 11 is 0. The van der Waals surface area contributed by atoms with Gasteiger partial charge in [-0.2, -0.15) is 0 Å². The number of nitrogens with one attached hydrogen (secondary N) is 1. The lowest BCUT2D eigenvalue weighted by atomic mass is 9.94. The highest BCUT2D eigenvalue weighted by molar-refractivity contribution is 5.77. The van der Waals surface area contributed by atoms with Crippen molar-refractivity contribution in [2.75, 3.05) is 39.3 Å². The van der Waals surface area contributed by atoms with Crippen LogP contribution in [0.5, 0.6) is 0 Å². The Balaban J connectivity index is 2.36. The lowest BCUT2D eigenvalue weighted by Gasteiger charge is -2.34. The zero-order chi connectivity index (χ0) is 13.8. The van der Waals surface area contributed by atoms with E-state index >= 15 is 0 Å². The molecule has 1 aliphatic rings. The van der Waals surface area contributed by atoms with E-state index in [1.165, 1.54) is 0 Å². The van der Waals surface area contributed by atoms with E-state index in [0.29, 0.717) is 13.1 Å². The molecular formula is C12H23N3O3. The molecule has 1 aliphatic heterocycles. The average Bonchev–Trinajstić information content (AvgIpc) is 2.36. The van der Waals surface area contributed by atoms with Gasteiger partial charge in [0.2, 0.25) is 0 Å². The number of hydrogen-bond acceptors (Lipinski definition) is 3. The fraction of sp³-hybridized carbons (Fsp3) is 0.833. The summed E-state index contributed by atoms with van der Waals surface area (Å²) in [4.78, 5) is 26.8. The maximum Gasteiger partial charge on any atom is 0.317 e. The third-order valence-electron chi connectivity index (χ3n) is 3.37. The lowest BCUT2D eigenvalue weighted by Crippen LogP contribution is -2.53. The number of piperazine rings is 1. The van der Waals surface area contributed by atoms with Gasteiger partial charge in [-0.1, -0.05) is 6.92 Å². The van der Waals surface area contributed by atoms with E-state index in [9.17, 15) is 9.59 Å². The van der Waals surface area contributed by atoms with Gasteiger partial charge in [0, 0.05) is 32.7 Å². The number of amides is 2. The zero-order valence-electron chi connectivity index (χ0n) is 11.4. The molecule has 0 bridgehead atoms. The van der Waals surface area contributed by atoms with Gasteiger partial charge >= 0.3 is 12.0 Å². The number of urea groups is 1. The number of nitrogens with zero attached hydrogens (tertiary/aromatic N) is 2. The first-order valence-corrected chi connectivity index (χ1v) is 6.35. The van der Waals surface area contributed by atoms with Gasteiger partial charge in [0.05, 0.1) is 5.41 Å². The first-order valence-electron chi connectivity index (χ1n) is 6.35. The van der Waals surface area contributed by atoms with Crippen LogP contribution in [0.4, 0.5) is 4.79 Å². The van der Waals surface area contributed by atoms with Crippen molar-refractivity contribution < 1.29 is 14.7 Å². The van der Waals surface area contributed by atoms with Crippen LogP contribution in [0.1, 0.15) is 20.8 Å². The standard InChI is InChI=1S/C12H23N3O3/c1-4-14-5-7-15(8-6-14)11(18)13-9-12(2,3)10(16)17/h4-9H2,1-3H3,(H,13,18)(H,16,17). The van der Waals surface area contributed by atoms with Crippen LogP contribution in [0.2, 0.25) is 0 Å². The van der Waals surface area contributed by atoms with Crippen molar-refractivity contribution in [3.63, 3.8) is 0 Å². The van der Waals surface area contributed by atoms with Crippen LogP contribution in [0.3, 0.4) is 0 Å². The second-order valence-electron chi connectivity index (χ2n) is 5.27. The highest BCUT2D eigenvalue weighted by Gasteiger charge is 2.29. The molecule has 18 heavy (non-hydrogen) atoms. The van der Waals surface area contributed by atoms with Crippen LogP contribution in [0, 0.1) is 5.41 Å². The number of carboxylic acids is 1. The van der Waals surface area contributed by atoms with E-state index in [4.69, 9.17) is 5.11 Å². The van der Waals surface area contributed by atoms with E-state index in [1.807, 2.05) is 0 Å². The molecule has 0 radical (unpaired) electrons. The summed E-state index contributed by atoms with van der Waals surface area (Å²) in [6.45, 7) is 9.62. The number of hydrogen-bond donors (Lipinski definition) is 2.